The van der Waals surface area contributed by atoms with E-state index < -0.39 is 59.6 Å². The number of ether oxygens (including phenoxy) is 2. The third-order valence-electron chi connectivity index (χ3n) is 32.1. The van der Waals surface area contributed by atoms with Gasteiger partial charge in [-0.15, -0.1) is 0 Å². The summed E-state index contributed by atoms with van der Waals surface area (Å²) in [5.41, 5.74) is 1.08. The number of unbranched alkanes of at least 4 members (excludes halogenated alkanes) is 4. The summed E-state index contributed by atoms with van der Waals surface area (Å²) in [6, 6.07) is 0. The van der Waals surface area contributed by atoms with Gasteiger partial charge in [-0.25, -0.2) is 0 Å². The van der Waals surface area contributed by atoms with E-state index in [0.717, 1.165) is 140 Å². The number of carboxylic acid groups (broad SMARTS) is 3. The molecule has 0 bridgehead atoms. The van der Waals surface area contributed by atoms with Crippen molar-refractivity contribution in [3.8, 4) is 0 Å². The lowest BCUT2D eigenvalue weighted by molar-refractivity contribution is -0.250. The number of allylic oxidation sites excluding steroid dienone is 2. The number of carboxylic acids is 3. The highest BCUT2D eigenvalue weighted by molar-refractivity contribution is 5.84. The average molecular weight is 1340 g/mol. The SMILES string of the molecule is C=C(C)[C@@H]1CCC2(C(=O)NCCCCCCC[C@@H](O)OC(CC(C)C)[C@@H](O)CC(=O)O)CC[C@]3(C)[C@H](CCC4[C@@]5(C)CCC(O)C(C)(C)[C@@H]5CC[C@]43C)[C@@H]12.C=C(C)[C@@H]1CCC2(C(=O)O)CC[C@]3(C)[C@H](CCC4[C@@]5(C)CCC(OC(=O)CC(C)(C)C(=O)O)C(C)(C)[C@@H]5CC[C@]43C)[C@@H]12. The molecule has 0 spiro atoms. The van der Waals surface area contributed by atoms with Crippen LogP contribution in [-0.4, -0.2) is 97.7 Å². The van der Waals surface area contributed by atoms with Crippen LogP contribution in [0.1, 0.15) is 297 Å². The molecular formula is C82H135NO13. The van der Waals surface area contributed by atoms with Crippen LogP contribution in [0.4, 0.5) is 0 Å². The molecule has 10 fully saturated rings. The number of amides is 1. The predicted octanol–water partition coefficient (Wildman–Crippen LogP) is 17.2. The highest BCUT2D eigenvalue weighted by Gasteiger charge is 2.74. The molecular weight excluding hydrogens is 1210 g/mol. The first-order valence-electron chi connectivity index (χ1n) is 38.7. The Hall–Kier alpha value is -3.33. The van der Waals surface area contributed by atoms with Gasteiger partial charge in [-0.05, 0) is 285 Å². The largest absolute Gasteiger partial charge is 0.481 e. The quantitative estimate of drug-likeness (QED) is 0.0218. The number of carbonyl (C=O) groups excluding carboxylic acids is 2. The second kappa shape index (κ2) is 27.8. The number of hydrogen-bond donors (Lipinski definition) is 7. The van der Waals surface area contributed by atoms with Crippen LogP contribution in [0.25, 0.3) is 0 Å². The van der Waals surface area contributed by atoms with Gasteiger partial charge >= 0.3 is 23.9 Å². The molecule has 546 valence electrons. The van der Waals surface area contributed by atoms with Crippen LogP contribution in [-0.2, 0) is 33.4 Å². The second-order valence-corrected chi connectivity index (χ2v) is 38.3. The van der Waals surface area contributed by atoms with Crippen molar-refractivity contribution < 1.29 is 64.1 Å². The standard InChI is InChI=1S/C46H79NO7.C36H56O6/c1-29(2)27-34(33(48)28-38(50)51)54-39(52)15-13-11-10-12-14-26-47-41(53)46-23-18-31(30(3)4)40(46)32-16-17-36-43(7)21-20-37(49)42(5,6)35(43)19-22-45(36,9)44(32,8)24-25-46;1-21(2)22-12-17-36(30(40)41)19-18-34(8)23(28(22)36)10-11-25-33(7)15-14-26(42-27(37)20-31(3,4)29(38)39)32(5,6)24(33)13-16-35(25,34)9/h29,31-37,39-40,48-49,52H,3,10-28H2,1-2,4-9H3,(H,47,53)(H,50,51);22-26,28H,1,10-20H2,2-9H3,(H,38,39)(H,40,41)/t31-,32+,33-,34?,35-,36?,37?,39-,40+,43-,44+,45+,46?;22-,23+,24-,25?,26?,28+,33-,34+,35+,36?/m00/s1. The van der Waals surface area contributed by atoms with Gasteiger partial charge in [0.05, 0.1) is 47.4 Å². The van der Waals surface area contributed by atoms with Gasteiger partial charge in [0, 0.05) is 12.0 Å². The van der Waals surface area contributed by atoms with Crippen molar-refractivity contribution in [2.75, 3.05) is 6.54 Å². The smallest absolute Gasteiger partial charge is 0.309 e. The van der Waals surface area contributed by atoms with Crippen LogP contribution in [0.15, 0.2) is 24.3 Å². The molecule has 0 aromatic heterocycles. The van der Waals surface area contributed by atoms with Crippen LogP contribution in [0.5, 0.6) is 0 Å². The zero-order valence-corrected chi connectivity index (χ0v) is 62.9. The zero-order chi connectivity index (χ0) is 71.1. The molecule has 10 aliphatic carbocycles. The number of carbonyl (C=O) groups is 5. The predicted molar refractivity (Wildman–Crippen MR) is 377 cm³/mol. The molecule has 10 rings (SSSR count). The molecule has 10 aliphatic rings. The molecule has 96 heavy (non-hydrogen) atoms. The van der Waals surface area contributed by atoms with Crippen LogP contribution in [0.2, 0.25) is 0 Å². The zero-order valence-electron chi connectivity index (χ0n) is 62.9. The van der Waals surface area contributed by atoms with Crippen LogP contribution in [0.3, 0.4) is 0 Å². The normalized spacial score (nSPS) is 42.6. The summed E-state index contributed by atoms with van der Waals surface area (Å²) < 4.78 is 11.8. The maximum atomic E-state index is 14.5. The van der Waals surface area contributed by atoms with Crippen LogP contribution < -0.4 is 5.32 Å². The number of rotatable bonds is 23. The molecule has 7 unspecified atom stereocenters. The van der Waals surface area contributed by atoms with Gasteiger partial charge in [-0.1, -0.05) is 127 Å². The van der Waals surface area contributed by atoms with Crippen molar-refractivity contribution in [2.45, 2.75) is 328 Å². The summed E-state index contributed by atoms with van der Waals surface area (Å²) in [4.78, 5) is 63.0. The molecule has 14 heteroatoms. The lowest BCUT2D eigenvalue weighted by atomic mass is 9.32. The van der Waals surface area contributed by atoms with Gasteiger partial charge in [0.15, 0.2) is 6.29 Å². The first-order chi connectivity index (χ1) is 44.5. The minimum absolute atomic E-state index is 0.0479. The topological polar surface area (TPSA) is 237 Å². The van der Waals surface area contributed by atoms with E-state index in [9.17, 15) is 49.5 Å². The van der Waals surface area contributed by atoms with Gasteiger partial charge in [-0.2, -0.15) is 0 Å². The molecule has 0 aliphatic heterocycles. The van der Waals surface area contributed by atoms with Gasteiger partial charge < -0.3 is 45.4 Å². The Balaban J connectivity index is 0.000000232. The fourth-order valence-corrected chi connectivity index (χ4v) is 26.6. The number of aliphatic hydroxyl groups is 3. The first-order valence-corrected chi connectivity index (χ1v) is 38.7. The van der Waals surface area contributed by atoms with Crippen molar-refractivity contribution in [3.05, 3.63) is 24.3 Å². The van der Waals surface area contributed by atoms with Crippen LogP contribution in [0, 0.1) is 125 Å². The Morgan fingerprint density at radius 2 is 1.05 bits per heavy atom. The minimum atomic E-state index is -1.15. The van der Waals surface area contributed by atoms with Gasteiger partial charge in [0.25, 0.3) is 0 Å². The molecule has 10 saturated carbocycles. The molecule has 7 N–H and O–H groups in total. The molecule has 0 saturated heterocycles. The minimum Gasteiger partial charge on any atom is -0.481 e. The summed E-state index contributed by atoms with van der Waals surface area (Å²) in [6.07, 6.45) is 22.5. The Kier molecular flexibility index (Phi) is 22.2. The number of esters is 1. The molecule has 1 amide bonds. The van der Waals surface area contributed by atoms with E-state index in [4.69, 9.17) is 14.6 Å². The van der Waals surface area contributed by atoms with Crippen molar-refractivity contribution >= 4 is 29.8 Å². The van der Waals surface area contributed by atoms with Crippen molar-refractivity contribution in [1.29, 1.82) is 0 Å². The maximum absolute atomic E-state index is 14.5. The van der Waals surface area contributed by atoms with Crippen molar-refractivity contribution in [2.24, 2.45) is 125 Å². The van der Waals surface area contributed by atoms with E-state index in [1.807, 2.05) is 13.8 Å². The van der Waals surface area contributed by atoms with Gasteiger partial charge in [-0.3, -0.25) is 24.0 Å². The number of nitrogens with one attached hydrogen (secondary N) is 1. The number of hydrogen-bond acceptors (Lipinski definition) is 10. The summed E-state index contributed by atoms with van der Waals surface area (Å²) >= 11 is 0. The van der Waals surface area contributed by atoms with E-state index in [-0.39, 0.29) is 85.1 Å². The Bertz CT molecular complexity index is 2880. The fraction of sp³-hybridized carbons (Fsp3) is 0.890. The monoisotopic (exact) mass is 1340 g/mol. The first kappa shape index (κ1) is 76.8. The summed E-state index contributed by atoms with van der Waals surface area (Å²) in [6.45, 7) is 45.6. The third kappa shape index (κ3) is 13.0. The second-order valence-electron chi connectivity index (χ2n) is 38.3. The lowest BCUT2D eigenvalue weighted by Crippen LogP contribution is -2.67. The van der Waals surface area contributed by atoms with Gasteiger partial charge in [0.2, 0.25) is 5.91 Å². The van der Waals surface area contributed by atoms with Crippen molar-refractivity contribution in [1.82, 2.24) is 5.32 Å². The van der Waals surface area contributed by atoms with E-state index >= 15 is 0 Å². The average Bonchev–Trinajstić information content (AvgIpc) is 1.04. The van der Waals surface area contributed by atoms with E-state index in [1.165, 1.54) is 31.3 Å². The molecule has 0 radical (unpaired) electrons. The van der Waals surface area contributed by atoms with E-state index in [2.05, 4.69) is 102 Å². The Morgan fingerprint density at radius 3 is 1.56 bits per heavy atom. The van der Waals surface area contributed by atoms with E-state index in [1.54, 1.807) is 13.8 Å². The van der Waals surface area contributed by atoms with Crippen LogP contribution >= 0.6 is 0 Å². The summed E-state index contributed by atoms with van der Waals surface area (Å²) in [5.74, 6) is 1.71. The molecule has 0 heterocycles. The van der Waals surface area contributed by atoms with E-state index in [0.29, 0.717) is 72.6 Å². The maximum Gasteiger partial charge on any atom is 0.309 e. The Labute approximate surface area is 579 Å². The molecule has 23 atom stereocenters. The summed E-state index contributed by atoms with van der Waals surface area (Å²) in [7, 11) is 0. The number of aliphatic hydroxyl groups excluding tert-OH is 3. The highest BCUT2D eigenvalue weighted by Crippen LogP contribution is 2.80. The number of aliphatic carboxylic acids is 3. The summed E-state index contributed by atoms with van der Waals surface area (Å²) in [5, 5.41) is 64.5. The lowest BCUT2D eigenvalue weighted by Gasteiger charge is -2.72. The molecule has 0 aromatic carbocycles. The third-order valence-corrected chi connectivity index (χ3v) is 32.1. The highest BCUT2D eigenvalue weighted by atomic mass is 16.6. The number of fused-ring (bicyclic) bond motifs is 14. The molecule has 14 nitrogen and oxygen atoms in total. The molecule has 0 aromatic rings. The fourth-order valence-electron chi connectivity index (χ4n) is 26.6. The van der Waals surface area contributed by atoms with Gasteiger partial charge in [0.1, 0.15) is 6.10 Å². The van der Waals surface area contributed by atoms with Crippen molar-refractivity contribution in [3.63, 3.8) is 0 Å². The Morgan fingerprint density at radius 1 is 0.562 bits per heavy atom.